The molecule has 2 N–H and O–H groups in total. The minimum atomic E-state index is -0.771. The predicted octanol–water partition coefficient (Wildman–Crippen LogP) is 7.30. The maximum atomic E-state index is 13.0. The Morgan fingerprint density at radius 3 is 2.14 bits per heavy atom. The fourth-order valence-corrected chi connectivity index (χ4v) is 4.30. The van der Waals surface area contributed by atoms with E-state index in [9.17, 15) is 14.4 Å². The zero-order valence-electron chi connectivity index (χ0n) is 17.8. The number of imide groups is 1. The lowest BCUT2D eigenvalue weighted by atomic mass is 10.1. The molecule has 1 aliphatic rings. The SMILES string of the molecule is Cc1ccc(Cl)cc1NC(=O)c1ccc(NC2=C(Cl)C(=O)N(c3cc(Cl)c(Cl)cc3Cl)C2=O)cc1. The van der Waals surface area contributed by atoms with Crippen LogP contribution in [-0.4, -0.2) is 17.7 Å². The van der Waals surface area contributed by atoms with Crippen LogP contribution >= 0.6 is 58.0 Å². The van der Waals surface area contributed by atoms with E-state index >= 15 is 0 Å². The van der Waals surface area contributed by atoms with Gasteiger partial charge in [0.15, 0.2) is 0 Å². The van der Waals surface area contributed by atoms with Crippen LogP contribution < -0.4 is 15.5 Å². The highest BCUT2D eigenvalue weighted by molar-refractivity contribution is 6.54. The molecular formula is C24H14Cl5N3O3. The number of carbonyl (C=O) groups excluding carboxylic acids is 3. The van der Waals surface area contributed by atoms with E-state index in [2.05, 4.69) is 10.6 Å². The predicted molar refractivity (Wildman–Crippen MR) is 141 cm³/mol. The number of halogens is 5. The van der Waals surface area contributed by atoms with Gasteiger partial charge in [0.1, 0.15) is 10.7 Å². The summed E-state index contributed by atoms with van der Waals surface area (Å²) in [6.45, 7) is 1.85. The van der Waals surface area contributed by atoms with Gasteiger partial charge in [-0.05, 0) is 61.0 Å². The van der Waals surface area contributed by atoms with E-state index in [1.807, 2.05) is 6.92 Å². The zero-order chi connectivity index (χ0) is 25.4. The second-order valence-corrected chi connectivity index (χ2v) is 9.50. The number of nitrogens with one attached hydrogen (secondary N) is 2. The quantitative estimate of drug-likeness (QED) is 0.250. The Morgan fingerprint density at radius 1 is 0.800 bits per heavy atom. The van der Waals surface area contributed by atoms with E-state index in [1.165, 1.54) is 12.1 Å². The summed E-state index contributed by atoms with van der Waals surface area (Å²) in [5.41, 5.74) is 2.15. The summed E-state index contributed by atoms with van der Waals surface area (Å²) in [5, 5.41) is 6.16. The van der Waals surface area contributed by atoms with Crippen LogP contribution in [0.5, 0.6) is 0 Å². The molecule has 0 saturated carbocycles. The van der Waals surface area contributed by atoms with Crippen LogP contribution in [0.3, 0.4) is 0 Å². The van der Waals surface area contributed by atoms with Gasteiger partial charge in [-0.15, -0.1) is 0 Å². The third-order valence-corrected chi connectivity index (χ3v) is 6.73. The highest BCUT2D eigenvalue weighted by atomic mass is 35.5. The van der Waals surface area contributed by atoms with Crippen molar-refractivity contribution < 1.29 is 14.4 Å². The van der Waals surface area contributed by atoms with Crippen LogP contribution in [0.15, 0.2) is 65.3 Å². The van der Waals surface area contributed by atoms with Gasteiger partial charge in [0.25, 0.3) is 17.7 Å². The highest BCUT2D eigenvalue weighted by Gasteiger charge is 2.40. The van der Waals surface area contributed by atoms with Gasteiger partial charge < -0.3 is 10.6 Å². The molecule has 35 heavy (non-hydrogen) atoms. The van der Waals surface area contributed by atoms with Crippen molar-refractivity contribution in [2.75, 3.05) is 15.5 Å². The number of nitrogens with zero attached hydrogens (tertiary/aromatic N) is 1. The Morgan fingerprint density at radius 2 is 1.46 bits per heavy atom. The summed E-state index contributed by atoms with van der Waals surface area (Å²) in [6, 6.07) is 14.1. The Kier molecular flexibility index (Phi) is 7.31. The van der Waals surface area contributed by atoms with Gasteiger partial charge in [0, 0.05) is 22.0 Å². The maximum Gasteiger partial charge on any atom is 0.283 e. The van der Waals surface area contributed by atoms with E-state index in [-0.39, 0.29) is 37.4 Å². The van der Waals surface area contributed by atoms with Crippen LogP contribution in [0, 0.1) is 6.92 Å². The molecule has 11 heteroatoms. The molecule has 0 aliphatic carbocycles. The number of aryl methyl sites for hydroxylation is 1. The molecule has 178 valence electrons. The fraction of sp³-hybridized carbons (Fsp3) is 0.0417. The maximum absolute atomic E-state index is 13.0. The minimum absolute atomic E-state index is 0.0503. The van der Waals surface area contributed by atoms with E-state index in [1.54, 1.807) is 42.5 Å². The van der Waals surface area contributed by atoms with Crippen LogP contribution in [0.2, 0.25) is 20.1 Å². The van der Waals surface area contributed by atoms with Crippen molar-refractivity contribution in [1.29, 1.82) is 0 Å². The number of hydrogen-bond acceptors (Lipinski definition) is 4. The third kappa shape index (κ3) is 5.13. The Bertz CT molecular complexity index is 1420. The Hall–Kier alpha value is -2.74. The Labute approximate surface area is 225 Å². The van der Waals surface area contributed by atoms with Crippen LogP contribution in [0.25, 0.3) is 0 Å². The van der Waals surface area contributed by atoms with Crippen molar-refractivity contribution >= 4 is 92.8 Å². The zero-order valence-corrected chi connectivity index (χ0v) is 21.5. The third-order valence-electron chi connectivity index (χ3n) is 5.12. The van der Waals surface area contributed by atoms with Crippen molar-refractivity contribution in [2.45, 2.75) is 6.92 Å². The first-order chi connectivity index (χ1) is 16.6. The van der Waals surface area contributed by atoms with E-state index in [4.69, 9.17) is 58.0 Å². The normalized spacial score (nSPS) is 13.5. The molecular weight excluding hydrogens is 556 g/mol. The first-order valence-corrected chi connectivity index (χ1v) is 11.8. The summed E-state index contributed by atoms with van der Waals surface area (Å²) in [7, 11) is 0. The van der Waals surface area contributed by atoms with E-state index in [0.29, 0.717) is 22.0 Å². The van der Waals surface area contributed by atoms with Crippen LogP contribution in [-0.2, 0) is 9.59 Å². The topological polar surface area (TPSA) is 78.5 Å². The molecule has 3 amide bonds. The van der Waals surface area contributed by atoms with E-state index in [0.717, 1.165) is 10.5 Å². The fourth-order valence-electron chi connectivity index (χ4n) is 3.29. The molecule has 0 bridgehead atoms. The molecule has 1 heterocycles. The van der Waals surface area contributed by atoms with Crippen molar-refractivity contribution in [3.63, 3.8) is 0 Å². The molecule has 4 rings (SSSR count). The average molecular weight is 570 g/mol. The lowest BCUT2D eigenvalue weighted by molar-refractivity contribution is -0.120. The van der Waals surface area contributed by atoms with Gasteiger partial charge in [-0.2, -0.15) is 0 Å². The first-order valence-electron chi connectivity index (χ1n) is 9.94. The lowest BCUT2D eigenvalue weighted by Gasteiger charge is -2.17. The molecule has 1 aliphatic heterocycles. The number of carbonyl (C=O) groups is 3. The highest BCUT2D eigenvalue weighted by Crippen LogP contribution is 2.38. The first kappa shape index (κ1) is 25.4. The summed E-state index contributed by atoms with van der Waals surface area (Å²) in [4.78, 5) is 39.2. The average Bonchev–Trinajstić information content (AvgIpc) is 3.02. The standard InChI is InChI=1S/C24H14Cl5N3O3/c1-11-2-5-13(25)8-18(11)31-22(33)12-3-6-14(7-4-12)30-21-20(29)23(34)32(24(21)35)19-10-16(27)15(26)9-17(19)28/h2-10,30H,1H3,(H,31,33). The summed E-state index contributed by atoms with van der Waals surface area (Å²) in [6.07, 6.45) is 0. The molecule has 0 saturated heterocycles. The summed E-state index contributed by atoms with van der Waals surface area (Å²) >= 11 is 30.3. The molecule has 0 atom stereocenters. The second-order valence-electron chi connectivity index (χ2n) is 7.47. The van der Waals surface area contributed by atoms with Gasteiger partial charge in [0.2, 0.25) is 0 Å². The van der Waals surface area contributed by atoms with Crippen LogP contribution in [0.4, 0.5) is 17.1 Å². The van der Waals surface area contributed by atoms with E-state index < -0.39 is 11.8 Å². The van der Waals surface area contributed by atoms with Gasteiger partial charge in [-0.1, -0.05) is 64.1 Å². The minimum Gasteiger partial charge on any atom is -0.350 e. The molecule has 3 aromatic carbocycles. The Balaban J connectivity index is 1.52. The van der Waals surface area contributed by atoms with Crippen molar-refractivity contribution in [3.05, 3.63) is 96.5 Å². The van der Waals surface area contributed by atoms with Gasteiger partial charge in [-0.25, -0.2) is 4.90 Å². The molecule has 0 aromatic heterocycles. The molecule has 0 unspecified atom stereocenters. The monoisotopic (exact) mass is 567 g/mol. The molecule has 6 nitrogen and oxygen atoms in total. The number of amides is 3. The molecule has 0 spiro atoms. The molecule has 0 fully saturated rings. The van der Waals surface area contributed by atoms with Crippen molar-refractivity contribution in [2.24, 2.45) is 0 Å². The summed E-state index contributed by atoms with van der Waals surface area (Å²) < 4.78 is 0. The van der Waals surface area contributed by atoms with Crippen molar-refractivity contribution in [3.8, 4) is 0 Å². The second kappa shape index (κ2) is 10.1. The smallest absolute Gasteiger partial charge is 0.283 e. The largest absolute Gasteiger partial charge is 0.350 e. The summed E-state index contributed by atoms with van der Waals surface area (Å²) in [5.74, 6) is -1.84. The van der Waals surface area contributed by atoms with Gasteiger partial charge in [0.05, 0.1) is 20.8 Å². The van der Waals surface area contributed by atoms with Gasteiger partial charge in [-0.3, -0.25) is 14.4 Å². The molecule has 0 radical (unpaired) electrons. The molecule has 3 aromatic rings. The number of anilines is 3. The van der Waals surface area contributed by atoms with Crippen molar-refractivity contribution in [1.82, 2.24) is 0 Å². The number of hydrogen-bond donors (Lipinski definition) is 2. The number of rotatable bonds is 5. The van der Waals surface area contributed by atoms with Gasteiger partial charge >= 0.3 is 0 Å². The van der Waals surface area contributed by atoms with Crippen LogP contribution in [0.1, 0.15) is 15.9 Å². The lowest BCUT2D eigenvalue weighted by Crippen LogP contribution is -2.32. The number of benzene rings is 3.